The number of rotatable bonds is 10. The first-order valence-electron chi connectivity index (χ1n) is 11.6. The van der Waals surface area contributed by atoms with Crippen LogP contribution in [0.25, 0.3) is 11.3 Å². The van der Waals surface area contributed by atoms with Gasteiger partial charge in [0, 0.05) is 24.2 Å². The second kappa shape index (κ2) is 12.5. The molecule has 35 heavy (non-hydrogen) atoms. The average molecular weight is 472 g/mol. The van der Waals surface area contributed by atoms with Crippen molar-refractivity contribution in [2.75, 3.05) is 6.54 Å². The zero-order chi connectivity index (χ0) is 25.2. The summed E-state index contributed by atoms with van der Waals surface area (Å²) in [4.78, 5) is 42.9. The maximum atomic E-state index is 13.0. The molecule has 181 valence electrons. The molecule has 1 aromatic heterocycles. The van der Waals surface area contributed by atoms with Crippen molar-refractivity contribution >= 4 is 17.7 Å². The van der Waals surface area contributed by atoms with Crippen LogP contribution in [-0.4, -0.2) is 35.3 Å². The summed E-state index contributed by atoms with van der Waals surface area (Å²) in [6.07, 6.45) is 0.683. The van der Waals surface area contributed by atoms with Crippen LogP contribution >= 0.6 is 0 Å². The minimum Gasteiger partial charge on any atom is -0.349 e. The Hall–Kier alpha value is -4.00. The van der Waals surface area contributed by atoms with Gasteiger partial charge in [0.15, 0.2) is 0 Å². The quantitative estimate of drug-likeness (QED) is 0.417. The molecular formula is C28H31N4O3. The van der Waals surface area contributed by atoms with Gasteiger partial charge < -0.3 is 16.0 Å². The highest BCUT2D eigenvalue weighted by atomic mass is 16.2. The van der Waals surface area contributed by atoms with Crippen LogP contribution in [0.15, 0.2) is 72.8 Å². The summed E-state index contributed by atoms with van der Waals surface area (Å²) in [5.41, 5.74) is 3.23. The molecule has 0 bridgehead atoms. The summed E-state index contributed by atoms with van der Waals surface area (Å²) in [6.45, 7) is 7.61. The minimum absolute atomic E-state index is 0.0713. The van der Waals surface area contributed by atoms with Crippen molar-refractivity contribution in [3.05, 3.63) is 96.2 Å². The zero-order valence-electron chi connectivity index (χ0n) is 20.2. The molecule has 1 atom stereocenters. The van der Waals surface area contributed by atoms with Crippen LogP contribution < -0.4 is 16.0 Å². The average Bonchev–Trinajstić information content (AvgIpc) is 2.87. The van der Waals surface area contributed by atoms with Crippen LogP contribution in [0.5, 0.6) is 0 Å². The van der Waals surface area contributed by atoms with Crippen LogP contribution in [-0.2, 0) is 4.79 Å². The molecule has 1 heterocycles. The number of hydrogen-bond acceptors (Lipinski definition) is 4. The van der Waals surface area contributed by atoms with Crippen molar-refractivity contribution in [2.45, 2.75) is 33.2 Å². The van der Waals surface area contributed by atoms with E-state index in [1.54, 1.807) is 30.8 Å². The van der Waals surface area contributed by atoms with Gasteiger partial charge in [0.2, 0.25) is 5.91 Å². The summed E-state index contributed by atoms with van der Waals surface area (Å²) in [7, 11) is 0. The Balaban J connectivity index is 1.71. The number of nitrogens with one attached hydrogen (secondary N) is 3. The first-order valence-corrected chi connectivity index (χ1v) is 11.6. The molecule has 0 spiro atoms. The van der Waals surface area contributed by atoms with Crippen molar-refractivity contribution in [3.63, 3.8) is 0 Å². The highest BCUT2D eigenvalue weighted by molar-refractivity contribution is 5.98. The number of amides is 3. The van der Waals surface area contributed by atoms with Gasteiger partial charge in [-0.3, -0.25) is 14.4 Å². The summed E-state index contributed by atoms with van der Waals surface area (Å²) in [5, 5.41) is 8.19. The number of carbonyl (C=O) groups is 3. The predicted octanol–water partition coefficient (Wildman–Crippen LogP) is 3.91. The van der Waals surface area contributed by atoms with E-state index in [-0.39, 0.29) is 18.1 Å². The maximum Gasteiger partial charge on any atom is 0.270 e. The van der Waals surface area contributed by atoms with E-state index < -0.39 is 17.9 Å². The van der Waals surface area contributed by atoms with Crippen LogP contribution in [0.1, 0.15) is 46.7 Å². The molecule has 0 aliphatic heterocycles. The van der Waals surface area contributed by atoms with Crippen LogP contribution in [0.2, 0.25) is 0 Å². The third kappa shape index (κ3) is 7.78. The fourth-order valence-electron chi connectivity index (χ4n) is 3.27. The van der Waals surface area contributed by atoms with Gasteiger partial charge in [0.1, 0.15) is 11.7 Å². The largest absolute Gasteiger partial charge is 0.349 e. The third-order valence-electron chi connectivity index (χ3n) is 5.29. The monoisotopic (exact) mass is 471 g/mol. The van der Waals surface area contributed by atoms with Crippen molar-refractivity contribution < 1.29 is 14.4 Å². The molecule has 0 saturated heterocycles. The number of benzene rings is 2. The fraction of sp³-hybridized carbons (Fsp3) is 0.250. The summed E-state index contributed by atoms with van der Waals surface area (Å²) < 4.78 is 0. The van der Waals surface area contributed by atoms with E-state index in [1.165, 1.54) is 0 Å². The van der Waals surface area contributed by atoms with E-state index in [0.717, 1.165) is 11.1 Å². The molecule has 0 fully saturated rings. The van der Waals surface area contributed by atoms with Crippen LogP contribution in [0.3, 0.4) is 0 Å². The molecule has 7 heteroatoms. The summed E-state index contributed by atoms with van der Waals surface area (Å²) >= 11 is 0. The number of aromatic nitrogens is 1. The number of carbonyl (C=O) groups excluding carboxylic acids is 3. The molecule has 0 saturated carbocycles. The highest BCUT2D eigenvalue weighted by Crippen LogP contribution is 2.16. The van der Waals surface area contributed by atoms with Gasteiger partial charge in [-0.05, 0) is 43.5 Å². The summed E-state index contributed by atoms with van der Waals surface area (Å²) in [6, 6.07) is 20.8. The Morgan fingerprint density at radius 1 is 0.886 bits per heavy atom. The Kier molecular flexibility index (Phi) is 9.12. The smallest absolute Gasteiger partial charge is 0.270 e. The van der Waals surface area contributed by atoms with Crippen molar-refractivity contribution in [1.82, 2.24) is 20.9 Å². The lowest BCUT2D eigenvalue weighted by Gasteiger charge is -2.19. The van der Waals surface area contributed by atoms with E-state index in [4.69, 9.17) is 0 Å². The van der Waals surface area contributed by atoms with Gasteiger partial charge in [-0.15, -0.1) is 0 Å². The molecule has 0 unspecified atom stereocenters. The van der Waals surface area contributed by atoms with Crippen LogP contribution in [0, 0.1) is 19.4 Å². The van der Waals surface area contributed by atoms with Gasteiger partial charge in [-0.25, -0.2) is 4.98 Å². The van der Waals surface area contributed by atoms with Gasteiger partial charge in [0.25, 0.3) is 11.8 Å². The first kappa shape index (κ1) is 25.6. The number of hydrogen-bond donors (Lipinski definition) is 3. The maximum absolute atomic E-state index is 13.0. The fourth-order valence-corrected chi connectivity index (χ4v) is 3.27. The van der Waals surface area contributed by atoms with E-state index in [2.05, 4.69) is 20.9 Å². The number of pyridine rings is 1. The number of aryl methyl sites for hydroxylation is 1. The predicted molar refractivity (Wildman–Crippen MR) is 136 cm³/mol. The van der Waals surface area contributed by atoms with Gasteiger partial charge >= 0.3 is 0 Å². The zero-order valence-corrected chi connectivity index (χ0v) is 20.2. The van der Waals surface area contributed by atoms with Crippen molar-refractivity contribution in [2.24, 2.45) is 5.92 Å². The van der Waals surface area contributed by atoms with Gasteiger partial charge in [0.05, 0.1) is 5.69 Å². The van der Waals surface area contributed by atoms with E-state index in [1.807, 2.05) is 69.3 Å². The third-order valence-corrected chi connectivity index (χ3v) is 5.29. The number of nitrogens with zero attached hydrogens (tertiary/aromatic N) is 1. The molecule has 2 aromatic carbocycles. The van der Waals surface area contributed by atoms with E-state index in [9.17, 15) is 14.4 Å². The lowest BCUT2D eigenvalue weighted by Crippen LogP contribution is -2.52. The van der Waals surface area contributed by atoms with Crippen molar-refractivity contribution in [1.29, 1.82) is 0 Å². The molecule has 3 amide bonds. The molecule has 7 nitrogen and oxygen atoms in total. The van der Waals surface area contributed by atoms with Gasteiger partial charge in [-0.1, -0.05) is 67.9 Å². The lowest BCUT2D eigenvalue weighted by molar-refractivity contribution is -0.122. The highest BCUT2D eigenvalue weighted by Gasteiger charge is 2.23. The SMILES string of the molecule is Cc1ccc(C(=O)NC[C@H](NC(=O)c2cccc(-c3ccccc3)n2)C(=O)N[CH]CC(C)C)cc1. The van der Waals surface area contributed by atoms with Gasteiger partial charge in [-0.2, -0.15) is 0 Å². The topological polar surface area (TPSA) is 100 Å². The molecule has 3 aromatic rings. The first-order chi connectivity index (χ1) is 16.8. The standard InChI is InChI=1S/C28H31N4O3/c1-19(2)16-17-29-27(34)25(18-30-26(33)22-14-12-20(3)13-15-22)32-28(35)24-11-7-10-23(31-24)21-8-5-4-6-9-21/h4-15,17,19,25H,16,18H2,1-3H3,(H,29,34)(H,30,33)(H,32,35)/t25-/m0/s1. The lowest BCUT2D eigenvalue weighted by atomic mass is 10.1. The molecule has 3 N–H and O–H groups in total. The molecular weight excluding hydrogens is 440 g/mol. The molecule has 3 rings (SSSR count). The molecule has 0 aliphatic rings. The molecule has 1 radical (unpaired) electrons. The minimum atomic E-state index is -0.984. The normalized spacial score (nSPS) is 11.5. The second-order valence-electron chi connectivity index (χ2n) is 8.72. The summed E-state index contributed by atoms with van der Waals surface area (Å²) in [5.74, 6) is -0.874. The van der Waals surface area contributed by atoms with Crippen LogP contribution in [0.4, 0.5) is 0 Å². The van der Waals surface area contributed by atoms with Crippen molar-refractivity contribution in [3.8, 4) is 11.3 Å². The second-order valence-corrected chi connectivity index (χ2v) is 8.72. The molecule has 0 aliphatic carbocycles. The Bertz CT molecular complexity index is 1140. The van der Waals surface area contributed by atoms with E-state index in [0.29, 0.717) is 23.6 Å². The Morgan fingerprint density at radius 3 is 2.29 bits per heavy atom. The Labute approximate surface area is 206 Å². The Morgan fingerprint density at radius 2 is 1.60 bits per heavy atom. The van der Waals surface area contributed by atoms with E-state index >= 15 is 0 Å².